The van der Waals surface area contributed by atoms with Crippen molar-refractivity contribution in [2.45, 2.75) is 32.2 Å². The van der Waals surface area contributed by atoms with Gasteiger partial charge in [-0.15, -0.1) is 0 Å². The van der Waals surface area contributed by atoms with Crippen molar-refractivity contribution < 1.29 is 9.59 Å². The first-order valence-corrected chi connectivity index (χ1v) is 6.23. The molecule has 96 valence electrons. The zero-order chi connectivity index (χ0) is 13.1. The molecule has 0 spiro atoms. The molecule has 1 aromatic rings. The third-order valence-corrected chi connectivity index (χ3v) is 3.23. The number of hydrogen-bond donors (Lipinski definition) is 1. The van der Waals surface area contributed by atoms with Crippen LogP contribution in [0.25, 0.3) is 0 Å². The summed E-state index contributed by atoms with van der Waals surface area (Å²) in [5.74, 6) is -0.205. The molecule has 4 heteroatoms. The number of likely N-dealkylation sites (tertiary alicyclic amines) is 1. The predicted octanol–water partition coefficient (Wildman–Crippen LogP) is 1.53. The molecule has 2 N–H and O–H groups in total. The summed E-state index contributed by atoms with van der Waals surface area (Å²) in [6.07, 6.45) is 1.56. The van der Waals surface area contributed by atoms with Crippen molar-refractivity contribution in [2.24, 2.45) is 5.73 Å². The molecule has 0 radical (unpaired) electrons. The Morgan fingerprint density at radius 2 is 1.94 bits per heavy atom. The molecule has 1 saturated heterocycles. The van der Waals surface area contributed by atoms with Crippen molar-refractivity contribution in [3.8, 4) is 0 Å². The molecule has 1 unspecified atom stereocenters. The summed E-state index contributed by atoms with van der Waals surface area (Å²) in [4.78, 5) is 24.7. The van der Waals surface area contributed by atoms with Gasteiger partial charge in [0.15, 0.2) is 0 Å². The maximum Gasteiger partial charge on any atom is 0.229 e. The lowest BCUT2D eigenvalue weighted by atomic mass is 10.0. The van der Waals surface area contributed by atoms with E-state index in [2.05, 4.69) is 0 Å². The molecule has 1 aliphatic rings. The third kappa shape index (κ3) is 2.76. The van der Waals surface area contributed by atoms with Gasteiger partial charge in [0.1, 0.15) is 0 Å². The van der Waals surface area contributed by atoms with Crippen LogP contribution < -0.4 is 5.73 Å². The SMILES string of the molecule is Cc1cccc(C(N)CN2C(=O)CCCC2=O)c1. The maximum atomic E-state index is 11.7. The van der Waals surface area contributed by atoms with E-state index >= 15 is 0 Å². The van der Waals surface area contributed by atoms with Gasteiger partial charge in [-0.05, 0) is 18.9 Å². The topological polar surface area (TPSA) is 63.4 Å². The summed E-state index contributed by atoms with van der Waals surface area (Å²) >= 11 is 0. The van der Waals surface area contributed by atoms with Crippen LogP contribution in [0, 0.1) is 6.92 Å². The molecule has 0 aliphatic carbocycles. The van der Waals surface area contributed by atoms with E-state index in [1.54, 1.807) is 0 Å². The van der Waals surface area contributed by atoms with Gasteiger partial charge in [0.25, 0.3) is 0 Å². The molecule has 0 saturated carbocycles. The lowest BCUT2D eigenvalue weighted by Gasteiger charge is -2.27. The molecule has 0 aromatic heterocycles. The number of aryl methyl sites for hydroxylation is 1. The zero-order valence-corrected chi connectivity index (χ0v) is 10.6. The van der Waals surface area contributed by atoms with Crippen molar-refractivity contribution in [3.63, 3.8) is 0 Å². The molecule has 4 nitrogen and oxygen atoms in total. The molecule has 1 atom stereocenters. The van der Waals surface area contributed by atoms with Gasteiger partial charge >= 0.3 is 0 Å². The second-order valence-electron chi connectivity index (χ2n) is 4.77. The number of carbonyl (C=O) groups is 2. The van der Waals surface area contributed by atoms with Gasteiger partial charge < -0.3 is 5.73 Å². The number of rotatable bonds is 3. The highest BCUT2D eigenvalue weighted by molar-refractivity contribution is 5.97. The third-order valence-electron chi connectivity index (χ3n) is 3.23. The minimum atomic E-state index is -0.309. The zero-order valence-electron chi connectivity index (χ0n) is 10.6. The second kappa shape index (κ2) is 5.31. The Labute approximate surface area is 107 Å². The molecular formula is C14H18N2O2. The molecule has 0 bridgehead atoms. The average Bonchev–Trinajstić information content (AvgIpc) is 2.34. The van der Waals surface area contributed by atoms with Gasteiger partial charge in [0, 0.05) is 25.4 Å². The first kappa shape index (κ1) is 12.8. The molecule has 18 heavy (non-hydrogen) atoms. The molecule has 1 aliphatic heterocycles. The minimum absolute atomic E-state index is 0.102. The van der Waals surface area contributed by atoms with Crippen LogP contribution in [0.4, 0.5) is 0 Å². The molecular weight excluding hydrogens is 228 g/mol. The summed E-state index contributed by atoms with van der Waals surface area (Å²) in [6, 6.07) is 7.54. The minimum Gasteiger partial charge on any atom is -0.322 e. The standard InChI is InChI=1S/C14H18N2O2/c1-10-4-2-5-11(8-10)12(15)9-16-13(17)6-3-7-14(16)18/h2,4-5,8,12H,3,6-7,9,15H2,1H3. The molecule has 2 amide bonds. The van der Waals surface area contributed by atoms with Crippen molar-refractivity contribution >= 4 is 11.8 Å². The first-order valence-electron chi connectivity index (χ1n) is 6.23. The monoisotopic (exact) mass is 246 g/mol. The van der Waals surface area contributed by atoms with E-state index in [9.17, 15) is 9.59 Å². The highest BCUT2D eigenvalue weighted by Crippen LogP contribution is 2.18. The summed E-state index contributed by atoms with van der Waals surface area (Å²) in [6.45, 7) is 2.27. The molecule has 2 rings (SSSR count). The van der Waals surface area contributed by atoms with Crippen molar-refractivity contribution in [2.75, 3.05) is 6.54 Å². The van der Waals surface area contributed by atoms with Gasteiger partial charge in [-0.3, -0.25) is 14.5 Å². The lowest BCUT2D eigenvalue weighted by Crippen LogP contribution is -2.43. The van der Waals surface area contributed by atoms with Crippen LogP contribution in [-0.4, -0.2) is 23.3 Å². The Bertz CT molecular complexity index is 455. The van der Waals surface area contributed by atoms with E-state index in [4.69, 9.17) is 5.73 Å². The van der Waals surface area contributed by atoms with Crippen LogP contribution in [-0.2, 0) is 9.59 Å². The van der Waals surface area contributed by atoms with Crippen LogP contribution in [0.1, 0.15) is 36.4 Å². The van der Waals surface area contributed by atoms with Gasteiger partial charge in [-0.25, -0.2) is 0 Å². The van der Waals surface area contributed by atoms with Crippen LogP contribution in [0.15, 0.2) is 24.3 Å². The number of nitrogens with zero attached hydrogens (tertiary/aromatic N) is 1. The number of amides is 2. The number of hydrogen-bond acceptors (Lipinski definition) is 3. The Kier molecular flexibility index (Phi) is 3.77. The van der Waals surface area contributed by atoms with Crippen LogP contribution in [0.3, 0.4) is 0 Å². The Morgan fingerprint density at radius 1 is 1.28 bits per heavy atom. The van der Waals surface area contributed by atoms with E-state index in [-0.39, 0.29) is 24.4 Å². The largest absolute Gasteiger partial charge is 0.322 e. The Morgan fingerprint density at radius 3 is 2.56 bits per heavy atom. The van der Waals surface area contributed by atoms with Crippen LogP contribution >= 0.6 is 0 Å². The van der Waals surface area contributed by atoms with Gasteiger partial charge in [-0.2, -0.15) is 0 Å². The number of nitrogens with two attached hydrogens (primary N) is 1. The fraction of sp³-hybridized carbons (Fsp3) is 0.429. The van der Waals surface area contributed by atoms with Gasteiger partial charge in [0.05, 0.1) is 0 Å². The van der Waals surface area contributed by atoms with Crippen molar-refractivity contribution in [1.29, 1.82) is 0 Å². The fourth-order valence-corrected chi connectivity index (χ4v) is 2.21. The summed E-state index contributed by atoms with van der Waals surface area (Å²) in [5.41, 5.74) is 8.16. The smallest absolute Gasteiger partial charge is 0.229 e. The molecule has 1 aromatic carbocycles. The van der Waals surface area contributed by atoms with Crippen molar-refractivity contribution in [3.05, 3.63) is 35.4 Å². The average molecular weight is 246 g/mol. The fourth-order valence-electron chi connectivity index (χ4n) is 2.21. The van der Waals surface area contributed by atoms with Crippen LogP contribution in [0.5, 0.6) is 0 Å². The van der Waals surface area contributed by atoms with Gasteiger partial charge in [-0.1, -0.05) is 29.8 Å². The highest BCUT2D eigenvalue weighted by atomic mass is 16.2. The van der Waals surface area contributed by atoms with E-state index in [0.29, 0.717) is 19.3 Å². The normalized spacial score (nSPS) is 18.0. The number of imide groups is 1. The van der Waals surface area contributed by atoms with E-state index in [1.807, 2.05) is 31.2 Å². The number of carbonyl (C=O) groups excluding carboxylic acids is 2. The molecule has 1 heterocycles. The summed E-state index contributed by atoms with van der Waals surface area (Å²) < 4.78 is 0. The number of benzene rings is 1. The highest BCUT2D eigenvalue weighted by Gasteiger charge is 2.27. The van der Waals surface area contributed by atoms with E-state index in [1.165, 1.54) is 4.90 Å². The van der Waals surface area contributed by atoms with E-state index in [0.717, 1.165) is 11.1 Å². The Hall–Kier alpha value is -1.68. The molecule has 1 fully saturated rings. The van der Waals surface area contributed by atoms with Crippen molar-refractivity contribution in [1.82, 2.24) is 4.90 Å². The Balaban J connectivity index is 2.08. The summed E-state index contributed by atoms with van der Waals surface area (Å²) in [5, 5.41) is 0. The second-order valence-corrected chi connectivity index (χ2v) is 4.77. The first-order chi connectivity index (χ1) is 8.58. The lowest BCUT2D eigenvalue weighted by molar-refractivity contribution is -0.148. The predicted molar refractivity (Wildman–Crippen MR) is 68.7 cm³/mol. The summed E-state index contributed by atoms with van der Waals surface area (Å²) in [7, 11) is 0. The van der Waals surface area contributed by atoms with Gasteiger partial charge in [0.2, 0.25) is 11.8 Å². The van der Waals surface area contributed by atoms with Crippen LogP contribution in [0.2, 0.25) is 0 Å². The number of piperidine rings is 1. The van der Waals surface area contributed by atoms with E-state index < -0.39 is 0 Å². The maximum absolute atomic E-state index is 11.7. The quantitative estimate of drug-likeness (QED) is 0.823.